The van der Waals surface area contributed by atoms with E-state index in [0.29, 0.717) is 12.0 Å². The molecule has 21 heavy (non-hydrogen) atoms. The normalized spacial score (nSPS) is 19.3. The lowest BCUT2D eigenvalue weighted by Gasteiger charge is -2.34. The Kier molecular flexibility index (Phi) is 6.34. The van der Waals surface area contributed by atoms with E-state index in [0.717, 1.165) is 37.0 Å². The van der Waals surface area contributed by atoms with E-state index in [2.05, 4.69) is 42.3 Å². The molecule has 1 saturated heterocycles. The Bertz CT molecular complexity index is 448. The highest BCUT2D eigenvalue weighted by molar-refractivity contribution is 6.33. The summed E-state index contributed by atoms with van der Waals surface area (Å²) in [5.41, 5.74) is 2.40. The van der Waals surface area contributed by atoms with E-state index >= 15 is 0 Å². The average molecular weight is 311 g/mol. The minimum Gasteiger partial charge on any atom is -0.384 e. The highest BCUT2D eigenvalue weighted by atomic mass is 35.5. The summed E-state index contributed by atoms with van der Waals surface area (Å²) in [4.78, 5) is 2.40. The Hall–Kier alpha value is -0.770. The summed E-state index contributed by atoms with van der Waals surface area (Å²) < 4.78 is 5.30. The van der Waals surface area contributed by atoms with Crippen LogP contribution in [0, 0.1) is 5.92 Å². The first-order valence-electron chi connectivity index (χ1n) is 7.86. The van der Waals surface area contributed by atoms with Crippen LogP contribution in [-0.2, 0) is 11.3 Å². The van der Waals surface area contributed by atoms with Crippen molar-refractivity contribution in [1.82, 2.24) is 5.32 Å². The fourth-order valence-corrected chi connectivity index (χ4v) is 3.22. The zero-order chi connectivity index (χ0) is 15.2. The zero-order valence-corrected chi connectivity index (χ0v) is 14.1. The highest BCUT2D eigenvalue weighted by Crippen LogP contribution is 2.30. The summed E-state index contributed by atoms with van der Waals surface area (Å²) in [6.45, 7) is 8.13. The van der Waals surface area contributed by atoms with Crippen LogP contribution in [0.5, 0.6) is 0 Å². The van der Waals surface area contributed by atoms with Gasteiger partial charge >= 0.3 is 0 Å². The number of rotatable bonds is 6. The van der Waals surface area contributed by atoms with E-state index < -0.39 is 0 Å². The number of anilines is 1. The van der Waals surface area contributed by atoms with Gasteiger partial charge in [-0.05, 0) is 36.5 Å². The van der Waals surface area contributed by atoms with E-state index in [-0.39, 0.29) is 0 Å². The first-order chi connectivity index (χ1) is 10.1. The lowest BCUT2D eigenvalue weighted by Crippen LogP contribution is -2.37. The smallest absolute Gasteiger partial charge is 0.0642 e. The molecule has 1 aliphatic rings. The molecule has 1 fully saturated rings. The number of nitrogens with one attached hydrogen (secondary N) is 1. The van der Waals surface area contributed by atoms with Crippen molar-refractivity contribution in [3.05, 3.63) is 28.8 Å². The second-order valence-corrected chi connectivity index (χ2v) is 6.64. The van der Waals surface area contributed by atoms with Crippen molar-refractivity contribution in [3.8, 4) is 0 Å². The second-order valence-electron chi connectivity index (χ2n) is 6.23. The molecule has 0 spiro atoms. The van der Waals surface area contributed by atoms with Crippen molar-refractivity contribution >= 4 is 17.3 Å². The zero-order valence-electron chi connectivity index (χ0n) is 13.4. The molecule has 118 valence electrons. The Morgan fingerprint density at radius 2 is 2.24 bits per heavy atom. The fraction of sp³-hybridized carbons (Fsp3) is 0.647. The Labute approximate surface area is 133 Å². The van der Waals surface area contributed by atoms with Gasteiger partial charge in [-0.3, -0.25) is 0 Å². The predicted octanol–water partition coefficient (Wildman–Crippen LogP) is 3.70. The van der Waals surface area contributed by atoms with E-state index in [1.165, 1.54) is 18.4 Å². The summed E-state index contributed by atoms with van der Waals surface area (Å²) >= 11 is 6.50. The molecule has 1 aromatic carbocycles. The van der Waals surface area contributed by atoms with E-state index in [1.807, 2.05) is 0 Å². The van der Waals surface area contributed by atoms with Crippen LogP contribution in [0.1, 0.15) is 32.3 Å². The number of methoxy groups -OCH3 is 1. The van der Waals surface area contributed by atoms with Gasteiger partial charge in [-0.15, -0.1) is 0 Å². The number of piperidine rings is 1. The molecule has 2 rings (SSSR count). The van der Waals surface area contributed by atoms with Crippen LogP contribution in [0.2, 0.25) is 5.02 Å². The molecule has 3 nitrogen and oxygen atoms in total. The van der Waals surface area contributed by atoms with E-state index in [4.69, 9.17) is 16.3 Å². The van der Waals surface area contributed by atoms with Crippen LogP contribution in [-0.4, -0.2) is 32.8 Å². The molecule has 1 unspecified atom stereocenters. The quantitative estimate of drug-likeness (QED) is 0.867. The topological polar surface area (TPSA) is 24.5 Å². The number of nitrogens with zero attached hydrogens (tertiary/aromatic N) is 1. The predicted molar refractivity (Wildman–Crippen MR) is 90.2 cm³/mol. The van der Waals surface area contributed by atoms with Gasteiger partial charge in [0.2, 0.25) is 0 Å². The van der Waals surface area contributed by atoms with Gasteiger partial charge in [0, 0.05) is 32.8 Å². The monoisotopic (exact) mass is 310 g/mol. The fourth-order valence-electron chi connectivity index (χ4n) is 2.89. The minimum absolute atomic E-state index is 0.486. The average Bonchev–Trinajstić information content (AvgIpc) is 2.46. The molecule has 1 N–H and O–H groups in total. The van der Waals surface area contributed by atoms with Crippen molar-refractivity contribution < 1.29 is 4.74 Å². The Morgan fingerprint density at radius 1 is 1.43 bits per heavy atom. The van der Waals surface area contributed by atoms with Gasteiger partial charge in [0.1, 0.15) is 0 Å². The first kappa shape index (κ1) is 16.6. The largest absolute Gasteiger partial charge is 0.384 e. The molecule has 0 bridgehead atoms. The molecule has 1 heterocycles. The Morgan fingerprint density at radius 3 is 2.90 bits per heavy atom. The van der Waals surface area contributed by atoms with Gasteiger partial charge in [-0.1, -0.05) is 31.5 Å². The molecule has 0 aliphatic carbocycles. The number of hydrogen-bond acceptors (Lipinski definition) is 3. The highest BCUT2D eigenvalue weighted by Gasteiger charge is 2.21. The number of ether oxygens (including phenoxy) is 1. The maximum absolute atomic E-state index is 6.50. The molecule has 0 saturated carbocycles. The summed E-state index contributed by atoms with van der Waals surface area (Å²) in [7, 11) is 1.78. The molecule has 0 aromatic heterocycles. The van der Waals surface area contributed by atoms with Gasteiger partial charge in [0.15, 0.2) is 0 Å². The molecular formula is C17H27ClN2O. The van der Waals surface area contributed by atoms with Gasteiger partial charge in [0.25, 0.3) is 0 Å². The lowest BCUT2D eigenvalue weighted by atomic mass is 9.98. The number of halogens is 1. The van der Waals surface area contributed by atoms with E-state index in [1.54, 1.807) is 7.11 Å². The van der Waals surface area contributed by atoms with Gasteiger partial charge < -0.3 is 15.0 Å². The first-order valence-corrected chi connectivity index (χ1v) is 8.23. The SMILES string of the molecule is COCC1CCCN(c2ccc(CNC(C)C)cc2Cl)C1. The van der Waals surface area contributed by atoms with Gasteiger partial charge in [0.05, 0.1) is 17.3 Å². The Balaban J connectivity index is 2.02. The van der Waals surface area contributed by atoms with Crippen LogP contribution < -0.4 is 10.2 Å². The van der Waals surface area contributed by atoms with Crippen molar-refractivity contribution in [3.63, 3.8) is 0 Å². The second kappa shape index (κ2) is 8.02. The number of benzene rings is 1. The summed E-state index contributed by atoms with van der Waals surface area (Å²) in [5.74, 6) is 0.613. The standard InChI is InChI=1S/C17H27ClN2O/c1-13(2)19-10-14-6-7-17(16(18)9-14)20-8-4-5-15(11-20)12-21-3/h6-7,9,13,15,19H,4-5,8,10-12H2,1-3H3. The third kappa shape index (κ3) is 4.87. The minimum atomic E-state index is 0.486. The molecule has 4 heteroatoms. The summed E-state index contributed by atoms with van der Waals surface area (Å²) in [5, 5.41) is 4.28. The van der Waals surface area contributed by atoms with Gasteiger partial charge in [-0.2, -0.15) is 0 Å². The van der Waals surface area contributed by atoms with Crippen LogP contribution in [0.15, 0.2) is 18.2 Å². The maximum Gasteiger partial charge on any atom is 0.0642 e. The van der Waals surface area contributed by atoms with E-state index in [9.17, 15) is 0 Å². The molecule has 1 aliphatic heterocycles. The van der Waals surface area contributed by atoms with Crippen LogP contribution >= 0.6 is 11.6 Å². The van der Waals surface area contributed by atoms with Crippen LogP contribution in [0.3, 0.4) is 0 Å². The number of hydrogen-bond donors (Lipinski definition) is 1. The van der Waals surface area contributed by atoms with Crippen molar-refractivity contribution in [2.24, 2.45) is 5.92 Å². The third-order valence-electron chi connectivity index (χ3n) is 3.99. The molecule has 1 aromatic rings. The summed E-state index contributed by atoms with van der Waals surface area (Å²) in [6.07, 6.45) is 2.46. The summed E-state index contributed by atoms with van der Waals surface area (Å²) in [6, 6.07) is 6.91. The van der Waals surface area contributed by atoms with Crippen molar-refractivity contribution in [1.29, 1.82) is 0 Å². The van der Waals surface area contributed by atoms with Crippen molar-refractivity contribution in [2.75, 3.05) is 31.7 Å². The lowest BCUT2D eigenvalue weighted by molar-refractivity contribution is 0.143. The molecule has 0 amide bonds. The molecule has 0 radical (unpaired) electrons. The van der Waals surface area contributed by atoms with Crippen LogP contribution in [0.4, 0.5) is 5.69 Å². The third-order valence-corrected chi connectivity index (χ3v) is 4.29. The maximum atomic E-state index is 6.50. The molecular weight excluding hydrogens is 284 g/mol. The molecule has 1 atom stereocenters. The van der Waals surface area contributed by atoms with Gasteiger partial charge in [-0.25, -0.2) is 0 Å². The van der Waals surface area contributed by atoms with Crippen LogP contribution in [0.25, 0.3) is 0 Å². The van der Waals surface area contributed by atoms with Crippen molar-refractivity contribution in [2.45, 2.75) is 39.3 Å².